The molecular formula is C18H24N2O. The van der Waals surface area contributed by atoms with Crippen molar-refractivity contribution >= 4 is 5.91 Å². The van der Waals surface area contributed by atoms with E-state index in [0.29, 0.717) is 18.9 Å². The lowest BCUT2D eigenvalue weighted by atomic mass is 10.0. The molecule has 1 aliphatic rings. The van der Waals surface area contributed by atoms with Gasteiger partial charge in [-0.05, 0) is 23.5 Å². The fourth-order valence-electron chi connectivity index (χ4n) is 2.51. The third-order valence-electron chi connectivity index (χ3n) is 3.60. The van der Waals surface area contributed by atoms with Crippen molar-refractivity contribution < 1.29 is 4.79 Å². The summed E-state index contributed by atoms with van der Waals surface area (Å²) in [4.78, 5) is 13.8. The monoisotopic (exact) mass is 284 g/mol. The normalized spacial score (nSPS) is 14.2. The number of carbonyl (C=O) groups excluding carboxylic acids is 1. The van der Waals surface area contributed by atoms with Crippen LogP contribution in [0.1, 0.15) is 31.4 Å². The predicted octanol–water partition coefficient (Wildman–Crippen LogP) is 2.21. The van der Waals surface area contributed by atoms with Gasteiger partial charge in [-0.3, -0.25) is 9.69 Å². The molecular weight excluding hydrogens is 260 g/mol. The molecule has 1 aliphatic heterocycles. The fraction of sp³-hybridized carbons (Fsp3) is 0.500. The third-order valence-corrected chi connectivity index (χ3v) is 3.60. The fourth-order valence-corrected chi connectivity index (χ4v) is 2.51. The number of carbonyl (C=O) groups is 1. The number of nitrogens with one attached hydrogen (secondary N) is 1. The van der Waals surface area contributed by atoms with Gasteiger partial charge >= 0.3 is 0 Å². The van der Waals surface area contributed by atoms with Gasteiger partial charge in [-0.25, -0.2) is 0 Å². The zero-order valence-electron chi connectivity index (χ0n) is 13.0. The molecule has 1 aromatic rings. The van der Waals surface area contributed by atoms with Crippen LogP contribution in [0.2, 0.25) is 0 Å². The molecule has 0 bridgehead atoms. The molecule has 1 aromatic carbocycles. The molecule has 21 heavy (non-hydrogen) atoms. The van der Waals surface area contributed by atoms with Gasteiger partial charge in [0.05, 0.1) is 13.1 Å². The average Bonchev–Trinajstić information content (AvgIpc) is 2.46. The predicted molar refractivity (Wildman–Crippen MR) is 85.7 cm³/mol. The van der Waals surface area contributed by atoms with Crippen molar-refractivity contribution in [2.75, 3.05) is 19.6 Å². The lowest BCUT2D eigenvalue weighted by molar-refractivity contribution is -0.121. The first kappa shape index (κ1) is 15.6. The van der Waals surface area contributed by atoms with Crippen molar-refractivity contribution in [3.63, 3.8) is 0 Å². The Morgan fingerprint density at radius 3 is 2.81 bits per heavy atom. The Kier molecular flexibility index (Phi) is 5.83. The lowest BCUT2D eigenvalue weighted by Gasteiger charge is -2.26. The zero-order valence-corrected chi connectivity index (χ0v) is 13.0. The van der Waals surface area contributed by atoms with Gasteiger partial charge in [0.1, 0.15) is 0 Å². The molecule has 0 saturated carbocycles. The van der Waals surface area contributed by atoms with Crippen LogP contribution < -0.4 is 5.32 Å². The molecule has 1 heterocycles. The van der Waals surface area contributed by atoms with Crippen molar-refractivity contribution in [3.05, 3.63) is 35.4 Å². The van der Waals surface area contributed by atoms with Crippen LogP contribution >= 0.6 is 0 Å². The van der Waals surface area contributed by atoms with Crippen LogP contribution in [0, 0.1) is 17.8 Å². The Morgan fingerprint density at radius 1 is 1.29 bits per heavy atom. The van der Waals surface area contributed by atoms with Crippen molar-refractivity contribution in [1.82, 2.24) is 10.2 Å². The first-order chi connectivity index (χ1) is 10.1. The standard InChI is InChI=1S/C18H24N2O/c1-15(2)13-18(21)19-10-5-6-11-20-12-9-16-7-3-4-8-17(16)14-20/h3-4,7-8,15H,9-14H2,1-2H3,(H,19,21). The zero-order chi connectivity index (χ0) is 15.1. The SMILES string of the molecule is CC(C)CC(=O)NCC#CCN1CCc2ccccc2C1. The van der Waals surface area contributed by atoms with Gasteiger partial charge in [-0.15, -0.1) is 0 Å². The Labute approximate surface area is 127 Å². The second-order valence-corrected chi connectivity index (χ2v) is 5.96. The Morgan fingerprint density at radius 2 is 2.05 bits per heavy atom. The molecule has 0 fully saturated rings. The number of benzene rings is 1. The molecule has 1 N–H and O–H groups in total. The molecule has 0 aliphatic carbocycles. The second-order valence-electron chi connectivity index (χ2n) is 5.96. The summed E-state index contributed by atoms with van der Waals surface area (Å²) in [6, 6.07) is 8.61. The highest BCUT2D eigenvalue weighted by atomic mass is 16.1. The van der Waals surface area contributed by atoms with Crippen LogP contribution in [0.3, 0.4) is 0 Å². The number of hydrogen-bond donors (Lipinski definition) is 1. The molecule has 3 nitrogen and oxygen atoms in total. The lowest BCUT2D eigenvalue weighted by Crippen LogP contribution is -2.31. The minimum absolute atomic E-state index is 0.0891. The molecule has 0 atom stereocenters. The molecule has 0 unspecified atom stereocenters. The van der Waals surface area contributed by atoms with E-state index in [2.05, 4.69) is 46.3 Å². The van der Waals surface area contributed by atoms with Gasteiger partial charge in [-0.1, -0.05) is 50.0 Å². The summed E-state index contributed by atoms with van der Waals surface area (Å²) in [6.07, 6.45) is 1.67. The summed E-state index contributed by atoms with van der Waals surface area (Å²) < 4.78 is 0. The van der Waals surface area contributed by atoms with E-state index in [9.17, 15) is 4.79 Å². The number of amides is 1. The van der Waals surface area contributed by atoms with Crippen molar-refractivity contribution in [2.45, 2.75) is 33.2 Å². The first-order valence-corrected chi connectivity index (χ1v) is 7.66. The quantitative estimate of drug-likeness (QED) is 0.860. The van der Waals surface area contributed by atoms with Gasteiger partial charge in [0.25, 0.3) is 0 Å². The largest absolute Gasteiger partial charge is 0.345 e. The van der Waals surface area contributed by atoms with Gasteiger partial charge in [0, 0.05) is 19.5 Å². The molecule has 0 radical (unpaired) electrons. The van der Waals surface area contributed by atoms with Crippen LogP contribution in [-0.4, -0.2) is 30.4 Å². The highest BCUT2D eigenvalue weighted by Gasteiger charge is 2.13. The summed E-state index contributed by atoms with van der Waals surface area (Å²) in [5, 5.41) is 2.84. The first-order valence-electron chi connectivity index (χ1n) is 7.66. The van der Waals surface area contributed by atoms with E-state index < -0.39 is 0 Å². The second kappa shape index (κ2) is 7.85. The minimum atomic E-state index is 0.0891. The van der Waals surface area contributed by atoms with Crippen molar-refractivity contribution in [1.29, 1.82) is 0 Å². The van der Waals surface area contributed by atoms with E-state index in [1.165, 1.54) is 11.1 Å². The van der Waals surface area contributed by atoms with E-state index >= 15 is 0 Å². The van der Waals surface area contributed by atoms with Crippen molar-refractivity contribution in [3.8, 4) is 11.8 Å². The summed E-state index contributed by atoms with van der Waals surface area (Å²) in [7, 11) is 0. The summed E-state index contributed by atoms with van der Waals surface area (Å²) >= 11 is 0. The maximum absolute atomic E-state index is 11.5. The van der Waals surface area contributed by atoms with Crippen LogP contribution in [-0.2, 0) is 17.8 Å². The maximum Gasteiger partial charge on any atom is 0.221 e. The van der Waals surface area contributed by atoms with Crippen LogP contribution in [0.4, 0.5) is 0 Å². The Hall–Kier alpha value is -1.79. The molecule has 0 aromatic heterocycles. The topological polar surface area (TPSA) is 32.3 Å². The van der Waals surface area contributed by atoms with Gasteiger partial charge in [0.2, 0.25) is 5.91 Å². The van der Waals surface area contributed by atoms with E-state index in [-0.39, 0.29) is 5.91 Å². The molecule has 2 rings (SSSR count). The van der Waals surface area contributed by atoms with Crippen LogP contribution in [0.15, 0.2) is 24.3 Å². The number of rotatable bonds is 4. The van der Waals surface area contributed by atoms with E-state index in [0.717, 1.165) is 26.1 Å². The summed E-state index contributed by atoms with van der Waals surface area (Å²) in [6.45, 7) is 7.35. The number of nitrogens with zero attached hydrogens (tertiary/aromatic N) is 1. The highest BCUT2D eigenvalue weighted by molar-refractivity contribution is 5.76. The number of fused-ring (bicyclic) bond motifs is 1. The number of hydrogen-bond acceptors (Lipinski definition) is 2. The molecule has 0 saturated heterocycles. The van der Waals surface area contributed by atoms with E-state index in [1.807, 2.05) is 13.8 Å². The van der Waals surface area contributed by atoms with Gasteiger partial charge < -0.3 is 5.32 Å². The highest BCUT2D eigenvalue weighted by Crippen LogP contribution is 2.17. The molecule has 0 spiro atoms. The smallest absolute Gasteiger partial charge is 0.221 e. The molecule has 1 amide bonds. The van der Waals surface area contributed by atoms with Crippen molar-refractivity contribution in [2.24, 2.45) is 5.92 Å². The van der Waals surface area contributed by atoms with E-state index in [1.54, 1.807) is 0 Å². The van der Waals surface area contributed by atoms with Gasteiger partial charge in [0.15, 0.2) is 0 Å². The van der Waals surface area contributed by atoms with Crippen LogP contribution in [0.25, 0.3) is 0 Å². The summed E-state index contributed by atoms with van der Waals surface area (Å²) in [5.74, 6) is 6.68. The molecule has 3 heteroatoms. The minimum Gasteiger partial charge on any atom is -0.345 e. The molecule has 112 valence electrons. The summed E-state index contributed by atoms with van der Waals surface area (Å²) in [5.41, 5.74) is 2.87. The van der Waals surface area contributed by atoms with E-state index in [4.69, 9.17) is 0 Å². The van der Waals surface area contributed by atoms with Crippen LogP contribution in [0.5, 0.6) is 0 Å². The Balaban J connectivity index is 1.71. The van der Waals surface area contributed by atoms with Gasteiger partial charge in [-0.2, -0.15) is 0 Å². The third kappa shape index (κ3) is 5.24. The maximum atomic E-state index is 11.5. The average molecular weight is 284 g/mol. The Bertz CT molecular complexity index is 540.